The SMILES string of the molecule is CCN1CCCC(NCC2CCSCC2)CC1. The van der Waals surface area contributed by atoms with E-state index in [0.29, 0.717) is 0 Å². The van der Waals surface area contributed by atoms with Crippen molar-refractivity contribution in [2.75, 3.05) is 37.7 Å². The molecule has 0 aliphatic carbocycles. The van der Waals surface area contributed by atoms with Crippen molar-refractivity contribution in [3.63, 3.8) is 0 Å². The van der Waals surface area contributed by atoms with Gasteiger partial charge in [-0.3, -0.25) is 0 Å². The number of rotatable bonds is 4. The van der Waals surface area contributed by atoms with E-state index in [0.717, 1.165) is 12.0 Å². The standard InChI is InChI=1S/C14H28N2S/c1-2-16-8-3-4-14(5-9-16)15-12-13-6-10-17-11-7-13/h13-15H,2-12H2,1H3. The predicted octanol–water partition coefficient (Wildman–Crippen LogP) is 2.59. The Morgan fingerprint density at radius 3 is 2.71 bits per heavy atom. The Kier molecular flexibility index (Phi) is 6.16. The van der Waals surface area contributed by atoms with E-state index in [9.17, 15) is 0 Å². The van der Waals surface area contributed by atoms with Crippen LogP contribution in [0.25, 0.3) is 0 Å². The van der Waals surface area contributed by atoms with Crippen molar-refractivity contribution in [3.05, 3.63) is 0 Å². The smallest absolute Gasteiger partial charge is 0.00798 e. The summed E-state index contributed by atoms with van der Waals surface area (Å²) in [5, 5.41) is 3.84. The van der Waals surface area contributed by atoms with Gasteiger partial charge in [-0.15, -0.1) is 0 Å². The minimum atomic E-state index is 0.793. The number of hydrogen-bond donors (Lipinski definition) is 1. The predicted molar refractivity (Wildman–Crippen MR) is 77.8 cm³/mol. The van der Waals surface area contributed by atoms with Gasteiger partial charge in [0, 0.05) is 6.04 Å². The largest absolute Gasteiger partial charge is 0.314 e. The summed E-state index contributed by atoms with van der Waals surface area (Å²) in [6.45, 7) is 7.40. The molecule has 1 atom stereocenters. The highest BCUT2D eigenvalue weighted by Gasteiger charge is 2.18. The molecule has 0 amide bonds. The van der Waals surface area contributed by atoms with E-state index in [-0.39, 0.29) is 0 Å². The van der Waals surface area contributed by atoms with Crippen LogP contribution in [-0.2, 0) is 0 Å². The molecule has 0 bridgehead atoms. The van der Waals surface area contributed by atoms with Gasteiger partial charge in [-0.1, -0.05) is 6.92 Å². The quantitative estimate of drug-likeness (QED) is 0.832. The van der Waals surface area contributed by atoms with Gasteiger partial charge in [0.2, 0.25) is 0 Å². The van der Waals surface area contributed by atoms with E-state index < -0.39 is 0 Å². The van der Waals surface area contributed by atoms with Crippen molar-refractivity contribution >= 4 is 11.8 Å². The first kappa shape index (κ1) is 13.7. The zero-order valence-corrected chi connectivity index (χ0v) is 12.1. The summed E-state index contributed by atoms with van der Waals surface area (Å²) in [6.07, 6.45) is 7.00. The van der Waals surface area contributed by atoms with E-state index >= 15 is 0 Å². The molecule has 0 aromatic rings. The molecule has 2 heterocycles. The van der Waals surface area contributed by atoms with Gasteiger partial charge in [0.05, 0.1) is 0 Å². The molecule has 0 aromatic heterocycles. The van der Waals surface area contributed by atoms with Gasteiger partial charge in [-0.25, -0.2) is 0 Å². The summed E-state index contributed by atoms with van der Waals surface area (Å²) < 4.78 is 0. The molecule has 2 aliphatic rings. The fourth-order valence-electron chi connectivity index (χ4n) is 2.96. The lowest BCUT2D eigenvalue weighted by Crippen LogP contribution is -2.35. The molecule has 2 rings (SSSR count). The second kappa shape index (κ2) is 7.65. The first-order valence-electron chi connectivity index (χ1n) is 7.42. The minimum Gasteiger partial charge on any atom is -0.314 e. The van der Waals surface area contributed by atoms with Crippen LogP contribution >= 0.6 is 11.8 Å². The lowest BCUT2D eigenvalue weighted by Gasteiger charge is -2.25. The second-order valence-electron chi connectivity index (χ2n) is 5.53. The molecule has 1 unspecified atom stereocenters. The Hall–Kier alpha value is 0.270. The Bertz CT molecular complexity index is 204. The van der Waals surface area contributed by atoms with Crippen molar-refractivity contribution in [3.8, 4) is 0 Å². The molecule has 17 heavy (non-hydrogen) atoms. The molecule has 2 fully saturated rings. The third-order valence-corrected chi connectivity index (χ3v) is 5.35. The van der Waals surface area contributed by atoms with E-state index in [2.05, 4.69) is 28.9 Å². The van der Waals surface area contributed by atoms with E-state index in [1.165, 1.54) is 69.8 Å². The Balaban J connectivity index is 1.64. The van der Waals surface area contributed by atoms with Gasteiger partial charge in [0.25, 0.3) is 0 Å². The summed E-state index contributed by atoms with van der Waals surface area (Å²) in [4.78, 5) is 2.60. The Labute approximate surface area is 111 Å². The molecule has 0 saturated carbocycles. The van der Waals surface area contributed by atoms with E-state index in [4.69, 9.17) is 0 Å². The highest BCUT2D eigenvalue weighted by Crippen LogP contribution is 2.22. The van der Waals surface area contributed by atoms with Crippen LogP contribution in [0, 0.1) is 5.92 Å². The average Bonchev–Trinajstić information content (AvgIpc) is 2.62. The monoisotopic (exact) mass is 256 g/mol. The summed E-state index contributed by atoms with van der Waals surface area (Å²) in [7, 11) is 0. The van der Waals surface area contributed by atoms with Gasteiger partial charge >= 0.3 is 0 Å². The first-order valence-corrected chi connectivity index (χ1v) is 8.57. The van der Waals surface area contributed by atoms with Gasteiger partial charge < -0.3 is 10.2 Å². The lowest BCUT2D eigenvalue weighted by atomic mass is 10.0. The van der Waals surface area contributed by atoms with Crippen molar-refractivity contribution < 1.29 is 0 Å². The molecule has 100 valence electrons. The fourth-order valence-corrected chi connectivity index (χ4v) is 4.16. The molecule has 1 N–H and O–H groups in total. The molecule has 0 radical (unpaired) electrons. The fraction of sp³-hybridized carbons (Fsp3) is 1.00. The average molecular weight is 256 g/mol. The minimum absolute atomic E-state index is 0.793. The molecule has 0 aromatic carbocycles. The summed E-state index contributed by atoms with van der Waals surface area (Å²) in [5.41, 5.74) is 0. The number of nitrogens with zero attached hydrogens (tertiary/aromatic N) is 1. The van der Waals surface area contributed by atoms with Crippen molar-refractivity contribution in [2.24, 2.45) is 5.92 Å². The van der Waals surface area contributed by atoms with Crippen molar-refractivity contribution in [1.82, 2.24) is 10.2 Å². The van der Waals surface area contributed by atoms with Gasteiger partial charge in [0.15, 0.2) is 0 Å². The van der Waals surface area contributed by atoms with E-state index in [1.54, 1.807) is 0 Å². The highest BCUT2D eigenvalue weighted by molar-refractivity contribution is 7.99. The van der Waals surface area contributed by atoms with Crippen LogP contribution in [0.2, 0.25) is 0 Å². The van der Waals surface area contributed by atoms with Crippen LogP contribution in [0.15, 0.2) is 0 Å². The number of nitrogens with one attached hydrogen (secondary N) is 1. The third kappa shape index (κ3) is 4.80. The lowest BCUT2D eigenvalue weighted by molar-refractivity contribution is 0.295. The van der Waals surface area contributed by atoms with Crippen LogP contribution < -0.4 is 5.32 Å². The maximum Gasteiger partial charge on any atom is 0.00798 e. The van der Waals surface area contributed by atoms with Crippen LogP contribution in [0.5, 0.6) is 0 Å². The van der Waals surface area contributed by atoms with Gasteiger partial charge in [-0.05, 0) is 75.7 Å². The molecule has 2 saturated heterocycles. The molecular formula is C14H28N2S. The maximum absolute atomic E-state index is 3.84. The molecular weight excluding hydrogens is 228 g/mol. The topological polar surface area (TPSA) is 15.3 Å². The molecule has 3 heteroatoms. The van der Waals surface area contributed by atoms with Gasteiger partial charge in [-0.2, -0.15) is 11.8 Å². The second-order valence-corrected chi connectivity index (χ2v) is 6.75. The number of likely N-dealkylation sites (tertiary alicyclic amines) is 1. The zero-order chi connectivity index (χ0) is 11.9. The van der Waals surface area contributed by atoms with Crippen LogP contribution in [0.4, 0.5) is 0 Å². The van der Waals surface area contributed by atoms with Crippen LogP contribution in [-0.4, -0.2) is 48.6 Å². The summed E-state index contributed by atoms with van der Waals surface area (Å²) >= 11 is 2.13. The van der Waals surface area contributed by atoms with Gasteiger partial charge in [0.1, 0.15) is 0 Å². The highest BCUT2D eigenvalue weighted by atomic mass is 32.2. The van der Waals surface area contributed by atoms with Crippen molar-refractivity contribution in [1.29, 1.82) is 0 Å². The zero-order valence-electron chi connectivity index (χ0n) is 11.3. The Morgan fingerprint density at radius 2 is 1.94 bits per heavy atom. The molecule has 0 spiro atoms. The summed E-state index contributed by atoms with van der Waals surface area (Å²) in [5.74, 6) is 3.74. The van der Waals surface area contributed by atoms with Crippen LogP contribution in [0.3, 0.4) is 0 Å². The summed E-state index contributed by atoms with van der Waals surface area (Å²) in [6, 6.07) is 0.793. The Morgan fingerprint density at radius 1 is 1.12 bits per heavy atom. The first-order chi connectivity index (χ1) is 8.38. The van der Waals surface area contributed by atoms with E-state index in [1.807, 2.05) is 0 Å². The number of hydrogen-bond acceptors (Lipinski definition) is 3. The third-order valence-electron chi connectivity index (χ3n) is 4.30. The van der Waals surface area contributed by atoms with Crippen molar-refractivity contribution in [2.45, 2.75) is 45.1 Å². The van der Waals surface area contributed by atoms with Crippen LogP contribution in [0.1, 0.15) is 39.0 Å². The number of thioether (sulfide) groups is 1. The normalized spacial score (nSPS) is 29.1. The molecule has 2 nitrogen and oxygen atoms in total. The molecule has 2 aliphatic heterocycles. The maximum atomic E-state index is 3.84.